The summed E-state index contributed by atoms with van der Waals surface area (Å²) in [5.41, 5.74) is 2.28. The Morgan fingerprint density at radius 2 is 2.00 bits per heavy atom. The molecule has 10 nitrogen and oxygen atoms in total. The highest BCUT2D eigenvalue weighted by Gasteiger charge is 2.24. The summed E-state index contributed by atoms with van der Waals surface area (Å²) >= 11 is 0. The minimum absolute atomic E-state index is 0.00777. The summed E-state index contributed by atoms with van der Waals surface area (Å²) in [4.78, 5) is 28.3. The van der Waals surface area contributed by atoms with E-state index >= 15 is 0 Å². The molecule has 36 heavy (non-hydrogen) atoms. The fraction of sp³-hybridized carbons (Fsp3) is 0.115. The van der Waals surface area contributed by atoms with E-state index in [0.717, 1.165) is 0 Å². The Bertz CT molecular complexity index is 1470. The van der Waals surface area contributed by atoms with Gasteiger partial charge in [-0.1, -0.05) is 24.3 Å². The zero-order valence-corrected chi connectivity index (χ0v) is 19.3. The van der Waals surface area contributed by atoms with E-state index in [1.165, 1.54) is 37.6 Å². The number of hydrogen-bond acceptors (Lipinski definition) is 8. The van der Waals surface area contributed by atoms with Gasteiger partial charge in [-0.15, -0.1) is 0 Å². The van der Waals surface area contributed by atoms with Gasteiger partial charge < -0.3 is 19.2 Å². The maximum atomic E-state index is 12.8. The van der Waals surface area contributed by atoms with Crippen molar-refractivity contribution in [3.63, 3.8) is 0 Å². The molecule has 0 bridgehead atoms. The largest absolute Gasteiger partial charge is 0.467 e. The van der Waals surface area contributed by atoms with Gasteiger partial charge in [-0.2, -0.15) is 5.26 Å². The molecule has 180 valence electrons. The maximum absolute atomic E-state index is 12.8. The van der Waals surface area contributed by atoms with E-state index in [0.29, 0.717) is 33.7 Å². The number of nitro benzene ring substituents is 1. The Hall–Kier alpha value is -5.01. The third-order valence-corrected chi connectivity index (χ3v) is 5.35. The van der Waals surface area contributed by atoms with Gasteiger partial charge in [0.1, 0.15) is 17.4 Å². The maximum Gasteiger partial charge on any atom is 0.292 e. The molecule has 0 aliphatic heterocycles. The molecule has 0 saturated carbocycles. The van der Waals surface area contributed by atoms with Gasteiger partial charge in [0.2, 0.25) is 0 Å². The van der Waals surface area contributed by atoms with Crippen molar-refractivity contribution in [3.05, 3.63) is 93.9 Å². The predicted octanol–water partition coefficient (Wildman–Crippen LogP) is 5.33. The zero-order chi connectivity index (χ0) is 25.7. The van der Waals surface area contributed by atoms with Crippen LogP contribution in [0.1, 0.15) is 21.7 Å². The van der Waals surface area contributed by atoms with Crippen molar-refractivity contribution in [1.82, 2.24) is 4.98 Å². The van der Waals surface area contributed by atoms with Crippen LogP contribution in [0.5, 0.6) is 5.75 Å². The van der Waals surface area contributed by atoms with Gasteiger partial charge in [0, 0.05) is 30.4 Å². The zero-order valence-electron chi connectivity index (χ0n) is 19.3. The third-order valence-electron chi connectivity index (χ3n) is 5.35. The number of ether oxygens (including phenoxy) is 2. The molecule has 0 fully saturated rings. The molecule has 0 spiro atoms. The van der Waals surface area contributed by atoms with Gasteiger partial charge in [-0.25, -0.2) is 4.98 Å². The van der Waals surface area contributed by atoms with Crippen LogP contribution in [0, 0.1) is 28.4 Å². The van der Waals surface area contributed by atoms with Crippen molar-refractivity contribution in [3.8, 4) is 34.2 Å². The number of benzene rings is 2. The second kappa shape index (κ2) is 10.5. The lowest BCUT2D eigenvalue weighted by Crippen LogP contribution is -2.15. The number of anilines is 1. The lowest BCUT2D eigenvalue weighted by molar-refractivity contribution is -0.384. The Labute approximate surface area is 205 Å². The van der Waals surface area contributed by atoms with Crippen LogP contribution in [-0.2, 0) is 4.74 Å². The van der Waals surface area contributed by atoms with Gasteiger partial charge in [-0.05, 0) is 42.3 Å². The van der Waals surface area contributed by atoms with Crippen LogP contribution in [0.25, 0.3) is 22.4 Å². The average molecular weight is 484 g/mol. The van der Waals surface area contributed by atoms with E-state index in [-0.39, 0.29) is 29.6 Å². The van der Waals surface area contributed by atoms with E-state index in [1.54, 1.807) is 43.3 Å². The van der Waals surface area contributed by atoms with E-state index in [4.69, 9.17) is 13.9 Å². The van der Waals surface area contributed by atoms with Gasteiger partial charge >= 0.3 is 0 Å². The summed E-state index contributed by atoms with van der Waals surface area (Å²) < 4.78 is 15.9. The Balaban J connectivity index is 1.98. The fourth-order valence-electron chi connectivity index (χ4n) is 3.76. The number of hydrogen-bond donors (Lipinski definition) is 1. The van der Waals surface area contributed by atoms with E-state index in [2.05, 4.69) is 16.4 Å². The van der Waals surface area contributed by atoms with Crippen LogP contribution in [0.4, 0.5) is 11.5 Å². The quantitative estimate of drug-likeness (QED) is 0.201. The molecule has 10 heteroatoms. The number of non-ortho nitro benzene ring substituents is 1. The fourth-order valence-corrected chi connectivity index (χ4v) is 3.76. The average Bonchev–Trinajstić information content (AvgIpc) is 3.43. The van der Waals surface area contributed by atoms with Crippen LogP contribution in [0.15, 0.2) is 71.3 Å². The lowest BCUT2D eigenvalue weighted by atomic mass is 9.92. The van der Waals surface area contributed by atoms with Crippen LogP contribution in [0.2, 0.25) is 0 Å². The second-order valence-corrected chi connectivity index (χ2v) is 7.58. The van der Waals surface area contributed by atoms with Crippen LogP contribution < -0.4 is 10.1 Å². The van der Waals surface area contributed by atoms with Crippen molar-refractivity contribution in [2.24, 2.45) is 0 Å². The molecule has 0 radical (unpaired) electrons. The van der Waals surface area contributed by atoms with Crippen LogP contribution in [-0.4, -0.2) is 29.7 Å². The Kier molecular flexibility index (Phi) is 7.04. The van der Waals surface area contributed by atoms with Gasteiger partial charge in [0.25, 0.3) is 11.6 Å². The van der Waals surface area contributed by atoms with Crippen molar-refractivity contribution in [2.75, 3.05) is 19.2 Å². The van der Waals surface area contributed by atoms with Gasteiger partial charge in [0.15, 0.2) is 18.4 Å². The molecule has 0 saturated heterocycles. The number of carbonyl (C=O) groups is 1. The molecule has 2 aromatic heterocycles. The van der Waals surface area contributed by atoms with Crippen molar-refractivity contribution < 1.29 is 23.6 Å². The minimum atomic E-state index is -0.604. The molecule has 0 aliphatic carbocycles. The molecule has 1 N–H and O–H groups in total. The molecular formula is C26H20N4O6. The van der Waals surface area contributed by atoms with Gasteiger partial charge in [0.05, 0.1) is 16.9 Å². The normalized spacial score (nSPS) is 10.5. The predicted molar refractivity (Wildman–Crippen MR) is 130 cm³/mol. The first-order valence-corrected chi connectivity index (χ1v) is 10.7. The molecule has 4 rings (SSSR count). The lowest BCUT2D eigenvalue weighted by Gasteiger charge is -2.18. The highest BCUT2D eigenvalue weighted by molar-refractivity contribution is 6.03. The third kappa shape index (κ3) is 4.77. The first-order valence-electron chi connectivity index (χ1n) is 10.7. The molecule has 4 aromatic rings. The highest BCUT2D eigenvalue weighted by atomic mass is 16.7. The molecule has 2 heterocycles. The molecule has 0 aliphatic rings. The number of para-hydroxylation sites is 1. The summed E-state index contributed by atoms with van der Waals surface area (Å²) in [7, 11) is 1.50. The first-order chi connectivity index (χ1) is 17.4. The summed E-state index contributed by atoms with van der Waals surface area (Å²) in [6, 6.07) is 18.2. The SMILES string of the molecule is COCOc1ccccc1-c1nc(NC(=O)c2ccco2)c(C#N)c(-c2cccc([N+](=O)[O-])c2)c1C. The highest BCUT2D eigenvalue weighted by Crippen LogP contribution is 2.40. The number of methoxy groups -OCH3 is 1. The summed E-state index contributed by atoms with van der Waals surface area (Å²) in [5, 5.41) is 24.2. The summed E-state index contributed by atoms with van der Waals surface area (Å²) in [6.07, 6.45) is 1.35. The smallest absolute Gasteiger partial charge is 0.292 e. The van der Waals surface area contributed by atoms with E-state index in [9.17, 15) is 20.2 Å². The van der Waals surface area contributed by atoms with Crippen LogP contribution >= 0.6 is 0 Å². The van der Waals surface area contributed by atoms with E-state index in [1.807, 2.05) is 0 Å². The number of aromatic nitrogens is 1. The van der Waals surface area contributed by atoms with Crippen molar-refractivity contribution in [2.45, 2.75) is 6.92 Å². The number of nitriles is 1. The Morgan fingerprint density at radius 3 is 2.69 bits per heavy atom. The van der Waals surface area contributed by atoms with Crippen molar-refractivity contribution in [1.29, 1.82) is 5.26 Å². The number of furan rings is 1. The van der Waals surface area contributed by atoms with E-state index < -0.39 is 10.8 Å². The first kappa shape index (κ1) is 24.1. The molecule has 0 unspecified atom stereocenters. The van der Waals surface area contributed by atoms with Crippen molar-refractivity contribution >= 4 is 17.4 Å². The standard InChI is InChI=1S/C26H20N4O6/c1-16-23(17-7-5-8-18(13-17)30(32)33)20(14-27)25(29-26(31)22-11-6-12-35-22)28-24(16)19-9-3-4-10-21(19)36-15-34-2/h3-13H,15H2,1-2H3,(H,28,29,31). The molecule has 2 aromatic carbocycles. The minimum Gasteiger partial charge on any atom is -0.467 e. The number of pyridine rings is 1. The number of carbonyl (C=O) groups excluding carboxylic acids is 1. The second-order valence-electron chi connectivity index (χ2n) is 7.58. The topological polar surface area (TPSA) is 141 Å². The number of nitro groups is 1. The molecule has 1 amide bonds. The molecular weight excluding hydrogens is 464 g/mol. The number of rotatable bonds is 8. The number of nitrogens with zero attached hydrogens (tertiary/aromatic N) is 3. The molecule has 0 atom stereocenters. The van der Waals surface area contributed by atoms with Gasteiger partial charge in [-0.3, -0.25) is 14.9 Å². The number of amides is 1. The summed E-state index contributed by atoms with van der Waals surface area (Å²) in [6.45, 7) is 1.74. The van der Waals surface area contributed by atoms with Crippen LogP contribution in [0.3, 0.4) is 0 Å². The monoisotopic (exact) mass is 484 g/mol. The Morgan fingerprint density at radius 1 is 1.19 bits per heavy atom. The number of nitrogens with one attached hydrogen (secondary N) is 1. The summed E-state index contributed by atoms with van der Waals surface area (Å²) in [5.74, 6) is -0.133.